The number of rotatable bonds is 7. The van der Waals surface area contributed by atoms with Crippen molar-refractivity contribution in [1.82, 2.24) is 15.5 Å². The minimum Gasteiger partial charge on any atom is -0.355 e. The molecule has 28 heavy (non-hydrogen) atoms. The van der Waals surface area contributed by atoms with Gasteiger partial charge in [-0.05, 0) is 49.9 Å². The van der Waals surface area contributed by atoms with Crippen LogP contribution in [0.5, 0.6) is 0 Å². The molecule has 1 aromatic carbocycles. The summed E-state index contributed by atoms with van der Waals surface area (Å²) in [6, 6.07) is 8.99. The highest BCUT2D eigenvalue weighted by atomic mass is 16.2. The van der Waals surface area contributed by atoms with E-state index in [1.165, 1.54) is 37.8 Å². The summed E-state index contributed by atoms with van der Waals surface area (Å²) in [7, 11) is 1.81. The van der Waals surface area contributed by atoms with E-state index in [2.05, 4.69) is 39.6 Å². The van der Waals surface area contributed by atoms with E-state index in [0.717, 1.165) is 50.3 Å². The number of aliphatic imine (C=N–C) groups is 1. The molecule has 2 saturated heterocycles. The predicted octanol–water partition coefficient (Wildman–Crippen LogP) is 2.74. The molecule has 1 atom stereocenters. The number of nitrogens with one attached hydrogen (secondary N) is 2. The Morgan fingerprint density at radius 3 is 2.64 bits per heavy atom. The second kappa shape index (κ2) is 10.5. The molecule has 1 unspecified atom stereocenters. The molecule has 0 aliphatic carbocycles. The molecular formula is C22H35N5O. The molecule has 0 radical (unpaired) electrons. The first-order valence-electron chi connectivity index (χ1n) is 10.8. The zero-order valence-corrected chi connectivity index (χ0v) is 17.4. The summed E-state index contributed by atoms with van der Waals surface area (Å²) in [4.78, 5) is 20.7. The van der Waals surface area contributed by atoms with Gasteiger partial charge < -0.3 is 15.5 Å². The molecule has 6 nitrogen and oxygen atoms in total. The monoisotopic (exact) mass is 385 g/mol. The molecule has 2 aliphatic rings. The topological polar surface area (TPSA) is 60.0 Å². The number of benzene rings is 1. The van der Waals surface area contributed by atoms with E-state index in [9.17, 15) is 4.79 Å². The van der Waals surface area contributed by atoms with Crippen molar-refractivity contribution in [2.24, 2.45) is 4.99 Å². The number of piperidine rings is 1. The van der Waals surface area contributed by atoms with Gasteiger partial charge in [-0.1, -0.05) is 25.5 Å². The Bertz CT molecular complexity index is 657. The van der Waals surface area contributed by atoms with Crippen LogP contribution < -0.4 is 15.5 Å². The van der Waals surface area contributed by atoms with Gasteiger partial charge in [-0.25, -0.2) is 0 Å². The number of carbonyl (C=O) groups is 1. The van der Waals surface area contributed by atoms with Crippen LogP contribution >= 0.6 is 0 Å². The fourth-order valence-corrected chi connectivity index (χ4v) is 4.26. The molecule has 0 aromatic heterocycles. The maximum atomic E-state index is 11.9. The second-order valence-corrected chi connectivity index (χ2v) is 7.76. The average molecular weight is 386 g/mol. The van der Waals surface area contributed by atoms with Gasteiger partial charge in [0.25, 0.3) is 0 Å². The van der Waals surface area contributed by atoms with E-state index < -0.39 is 0 Å². The smallest absolute Gasteiger partial charge is 0.227 e. The first-order valence-corrected chi connectivity index (χ1v) is 10.8. The molecule has 2 N–H and O–H groups in total. The number of hydrogen-bond donors (Lipinski definition) is 2. The molecule has 6 heteroatoms. The third kappa shape index (κ3) is 5.47. The highest BCUT2D eigenvalue weighted by Crippen LogP contribution is 2.21. The predicted molar refractivity (Wildman–Crippen MR) is 116 cm³/mol. The molecule has 0 saturated carbocycles. The van der Waals surface area contributed by atoms with E-state index in [1.54, 1.807) is 0 Å². The third-order valence-corrected chi connectivity index (χ3v) is 5.92. The number of nitrogens with zero attached hydrogens (tertiary/aromatic N) is 3. The van der Waals surface area contributed by atoms with E-state index >= 15 is 0 Å². The Morgan fingerprint density at radius 2 is 1.96 bits per heavy atom. The lowest BCUT2D eigenvalue weighted by molar-refractivity contribution is -0.117. The first kappa shape index (κ1) is 20.6. The number of hydrogen-bond acceptors (Lipinski definition) is 3. The Balaban J connectivity index is 1.42. The fourth-order valence-electron chi connectivity index (χ4n) is 4.26. The molecule has 2 fully saturated rings. The summed E-state index contributed by atoms with van der Waals surface area (Å²) in [5, 5.41) is 6.82. The van der Waals surface area contributed by atoms with Crippen molar-refractivity contribution in [3.05, 3.63) is 29.8 Å². The SMILES string of the molecule is CCC1CCCCN1CCNC(=NC)NCc1ccc(N2CCCC2=O)cc1. The fraction of sp³-hybridized carbons (Fsp3) is 0.636. The summed E-state index contributed by atoms with van der Waals surface area (Å²) in [6.45, 7) is 7.04. The Kier molecular flexibility index (Phi) is 7.71. The minimum atomic E-state index is 0.231. The summed E-state index contributed by atoms with van der Waals surface area (Å²) in [5.74, 6) is 1.07. The van der Waals surface area contributed by atoms with Gasteiger partial charge in [-0.3, -0.25) is 14.7 Å². The van der Waals surface area contributed by atoms with Crippen LogP contribution in [0.4, 0.5) is 5.69 Å². The summed E-state index contributed by atoms with van der Waals surface area (Å²) < 4.78 is 0. The van der Waals surface area contributed by atoms with Crippen molar-refractivity contribution in [2.75, 3.05) is 38.1 Å². The molecule has 0 bridgehead atoms. The Hall–Kier alpha value is -2.08. The molecule has 154 valence electrons. The normalized spacial score (nSPS) is 21.2. The van der Waals surface area contributed by atoms with Crippen molar-refractivity contribution in [3.63, 3.8) is 0 Å². The zero-order chi connectivity index (χ0) is 19.8. The van der Waals surface area contributed by atoms with Gasteiger partial charge in [-0.15, -0.1) is 0 Å². The molecular weight excluding hydrogens is 350 g/mol. The lowest BCUT2D eigenvalue weighted by Crippen LogP contribution is -2.45. The number of likely N-dealkylation sites (tertiary alicyclic amines) is 1. The van der Waals surface area contributed by atoms with Gasteiger partial charge in [0.2, 0.25) is 5.91 Å². The van der Waals surface area contributed by atoms with Crippen molar-refractivity contribution in [1.29, 1.82) is 0 Å². The van der Waals surface area contributed by atoms with Gasteiger partial charge in [0.15, 0.2) is 5.96 Å². The summed E-state index contributed by atoms with van der Waals surface area (Å²) in [6.07, 6.45) is 6.90. The number of anilines is 1. The first-order chi connectivity index (χ1) is 13.7. The van der Waals surface area contributed by atoms with Gasteiger partial charge >= 0.3 is 0 Å². The molecule has 1 amide bonds. The Labute approximate surface area is 169 Å². The van der Waals surface area contributed by atoms with Gasteiger partial charge in [0.1, 0.15) is 0 Å². The summed E-state index contributed by atoms with van der Waals surface area (Å²) >= 11 is 0. The molecule has 0 spiro atoms. The maximum absolute atomic E-state index is 11.9. The third-order valence-electron chi connectivity index (χ3n) is 5.92. The number of amides is 1. The molecule has 3 rings (SSSR count). The maximum Gasteiger partial charge on any atom is 0.227 e. The van der Waals surface area contributed by atoms with Crippen molar-refractivity contribution in [2.45, 2.75) is 58.0 Å². The molecule has 2 aliphatic heterocycles. The van der Waals surface area contributed by atoms with Crippen molar-refractivity contribution >= 4 is 17.6 Å². The average Bonchev–Trinajstić information content (AvgIpc) is 3.17. The van der Waals surface area contributed by atoms with Crippen LogP contribution in [0, 0.1) is 0 Å². The van der Waals surface area contributed by atoms with Crippen molar-refractivity contribution in [3.8, 4) is 0 Å². The van der Waals surface area contributed by atoms with E-state index in [1.807, 2.05) is 24.1 Å². The van der Waals surface area contributed by atoms with Gasteiger partial charge in [0, 0.05) is 51.4 Å². The Morgan fingerprint density at radius 1 is 1.14 bits per heavy atom. The zero-order valence-electron chi connectivity index (χ0n) is 17.4. The highest BCUT2D eigenvalue weighted by Gasteiger charge is 2.21. The largest absolute Gasteiger partial charge is 0.355 e. The van der Waals surface area contributed by atoms with Gasteiger partial charge in [-0.2, -0.15) is 0 Å². The van der Waals surface area contributed by atoms with Crippen molar-refractivity contribution < 1.29 is 4.79 Å². The van der Waals surface area contributed by atoms with E-state index in [4.69, 9.17) is 0 Å². The molecule has 2 heterocycles. The van der Waals surface area contributed by atoms with Crippen LogP contribution in [0.25, 0.3) is 0 Å². The molecule has 1 aromatic rings. The van der Waals surface area contributed by atoms with Crippen LogP contribution in [-0.4, -0.2) is 56.0 Å². The van der Waals surface area contributed by atoms with Crippen LogP contribution in [0.2, 0.25) is 0 Å². The second-order valence-electron chi connectivity index (χ2n) is 7.76. The highest BCUT2D eigenvalue weighted by molar-refractivity contribution is 5.95. The number of carbonyl (C=O) groups excluding carboxylic acids is 1. The van der Waals surface area contributed by atoms with Crippen LogP contribution in [0.1, 0.15) is 51.0 Å². The quantitative estimate of drug-likeness (QED) is 0.560. The lowest BCUT2D eigenvalue weighted by atomic mass is 10.0. The van der Waals surface area contributed by atoms with Gasteiger partial charge in [0.05, 0.1) is 0 Å². The standard InChI is InChI=1S/C22H35N5O/c1-3-19-7-4-5-14-26(19)16-13-24-22(23-2)25-17-18-9-11-20(12-10-18)27-15-6-8-21(27)28/h9-12,19H,3-8,13-17H2,1-2H3,(H2,23,24,25). The van der Waals surface area contributed by atoms with E-state index in [0.29, 0.717) is 6.42 Å². The van der Waals surface area contributed by atoms with E-state index in [-0.39, 0.29) is 5.91 Å². The number of guanidine groups is 1. The van der Waals surface area contributed by atoms with Crippen LogP contribution in [0.3, 0.4) is 0 Å². The van der Waals surface area contributed by atoms with Crippen LogP contribution in [-0.2, 0) is 11.3 Å². The summed E-state index contributed by atoms with van der Waals surface area (Å²) in [5.41, 5.74) is 2.18. The lowest BCUT2D eigenvalue weighted by Gasteiger charge is -2.35. The minimum absolute atomic E-state index is 0.231. The van der Waals surface area contributed by atoms with Crippen LogP contribution in [0.15, 0.2) is 29.3 Å².